The van der Waals surface area contributed by atoms with Crippen LogP contribution < -0.4 is 4.57 Å². The number of hydrogen-bond acceptors (Lipinski definition) is 0. The summed E-state index contributed by atoms with van der Waals surface area (Å²) >= 11 is 0. The van der Waals surface area contributed by atoms with Gasteiger partial charge in [-0.3, -0.25) is 0 Å². The highest BCUT2D eigenvalue weighted by Gasteiger charge is 2.13. The molecular weight excluding hydrogens is 112 g/mol. The first-order valence-corrected chi connectivity index (χ1v) is 3.52. The topological polar surface area (TPSA) is 19.7 Å². The number of fused-ring (bicyclic) bond motifs is 1. The molecule has 0 aromatic carbocycles. The molecule has 0 aliphatic carbocycles. The van der Waals surface area contributed by atoms with Crippen LogP contribution in [0.2, 0.25) is 0 Å². The smallest absolute Gasteiger partial charge is 0.248 e. The van der Waals surface area contributed by atoms with E-state index < -0.39 is 0 Å². The van der Waals surface area contributed by atoms with E-state index in [0.29, 0.717) is 0 Å². The maximum atomic E-state index is 3.22. The van der Waals surface area contributed by atoms with Crippen LogP contribution >= 0.6 is 0 Å². The van der Waals surface area contributed by atoms with Gasteiger partial charge >= 0.3 is 0 Å². The maximum Gasteiger partial charge on any atom is 0.254 e. The number of imidazole rings is 1. The average Bonchev–Trinajstić information content (AvgIpc) is 2.33. The Morgan fingerprint density at radius 1 is 1.44 bits per heavy atom. The van der Waals surface area contributed by atoms with E-state index >= 15 is 0 Å². The van der Waals surface area contributed by atoms with Gasteiger partial charge in [-0.2, -0.15) is 0 Å². The number of hydrogen-bond donors (Lipinski definition) is 1. The molecule has 1 aliphatic rings. The standard InChI is InChI=1S/C7H10N2/c1-2-5-9-6-4-8-7(9)3-1/h4,6H,1-3,5H2/p+1. The molecule has 2 rings (SSSR count). The van der Waals surface area contributed by atoms with E-state index in [4.69, 9.17) is 0 Å². The molecule has 0 spiro atoms. The van der Waals surface area contributed by atoms with Gasteiger partial charge in [-0.1, -0.05) is 0 Å². The highest BCUT2D eigenvalue weighted by molar-refractivity contribution is 4.78. The molecule has 0 unspecified atom stereocenters. The molecule has 0 fully saturated rings. The first kappa shape index (κ1) is 5.03. The lowest BCUT2D eigenvalue weighted by molar-refractivity contribution is -0.708. The van der Waals surface area contributed by atoms with Crippen LogP contribution in [0.4, 0.5) is 0 Å². The second-order valence-corrected chi connectivity index (χ2v) is 2.56. The molecule has 0 bridgehead atoms. The van der Waals surface area contributed by atoms with Gasteiger partial charge in [0.2, 0.25) is 0 Å². The lowest BCUT2D eigenvalue weighted by Gasteiger charge is -2.05. The van der Waals surface area contributed by atoms with E-state index in [2.05, 4.69) is 15.7 Å². The highest BCUT2D eigenvalue weighted by Crippen LogP contribution is 2.03. The number of aromatic amines is 1. The summed E-state index contributed by atoms with van der Waals surface area (Å²) < 4.78 is 2.30. The van der Waals surface area contributed by atoms with E-state index in [1.807, 2.05) is 6.20 Å². The summed E-state index contributed by atoms with van der Waals surface area (Å²) in [5.74, 6) is 1.39. The molecule has 2 heterocycles. The molecular formula is C7H11N2+. The number of aromatic nitrogens is 2. The van der Waals surface area contributed by atoms with Crippen LogP contribution in [0.1, 0.15) is 18.7 Å². The Morgan fingerprint density at radius 2 is 2.44 bits per heavy atom. The van der Waals surface area contributed by atoms with Crippen LogP contribution in [-0.2, 0) is 13.0 Å². The molecule has 1 aromatic heterocycles. The molecule has 2 heteroatoms. The summed E-state index contributed by atoms with van der Waals surface area (Å²) in [5.41, 5.74) is 0. The Labute approximate surface area is 54.5 Å². The molecule has 0 saturated carbocycles. The van der Waals surface area contributed by atoms with Gasteiger partial charge in [-0.15, -0.1) is 0 Å². The fourth-order valence-electron chi connectivity index (χ4n) is 1.40. The van der Waals surface area contributed by atoms with Crippen LogP contribution in [0.3, 0.4) is 0 Å². The van der Waals surface area contributed by atoms with Crippen LogP contribution in [-0.4, -0.2) is 4.98 Å². The third-order valence-electron chi connectivity index (χ3n) is 1.91. The van der Waals surface area contributed by atoms with Crippen molar-refractivity contribution in [3.05, 3.63) is 18.2 Å². The van der Waals surface area contributed by atoms with E-state index in [0.717, 1.165) is 0 Å². The van der Waals surface area contributed by atoms with E-state index in [1.165, 1.54) is 31.6 Å². The van der Waals surface area contributed by atoms with Crippen molar-refractivity contribution in [2.45, 2.75) is 25.8 Å². The number of nitrogens with zero attached hydrogens (tertiary/aromatic N) is 1. The van der Waals surface area contributed by atoms with E-state index in [1.54, 1.807) is 0 Å². The first-order chi connectivity index (χ1) is 4.47. The largest absolute Gasteiger partial charge is 0.254 e. The lowest BCUT2D eigenvalue weighted by atomic mass is 10.2. The van der Waals surface area contributed by atoms with Crippen molar-refractivity contribution in [2.24, 2.45) is 0 Å². The van der Waals surface area contributed by atoms with Gasteiger partial charge in [0.15, 0.2) is 0 Å². The van der Waals surface area contributed by atoms with Gasteiger partial charge in [-0.25, -0.2) is 9.55 Å². The quantitative estimate of drug-likeness (QED) is 0.488. The zero-order valence-corrected chi connectivity index (χ0v) is 5.43. The third-order valence-corrected chi connectivity index (χ3v) is 1.91. The summed E-state index contributed by atoms with van der Waals surface area (Å²) in [6.07, 6.45) is 8.05. The zero-order chi connectivity index (χ0) is 6.10. The van der Waals surface area contributed by atoms with Crippen molar-refractivity contribution in [3.8, 4) is 0 Å². The molecule has 2 nitrogen and oxygen atoms in total. The normalized spacial score (nSPS) is 17.3. The minimum Gasteiger partial charge on any atom is -0.248 e. The second kappa shape index (κ2) is 1.87. The lowest BCUT2D eigenvalue weighted by Crippen LogP contribution is -2.38. The van der Waals surface area contributed by atoms with Crippen LogP contribution in [0, 0.1) is 0 Å². The van der Waals surface area contributed by atoms with Crippen molar-refractivity contribution < 1.29 is 4.57 Å². The van der Waals surface area contributed by atoms with Gasteiger partial charge in [0.1, 0.15) is 12.4 Å². The minimum absolute atomic E-state index is 1.21. The molecule has 0 atom stereocenters. The first-order valence-electron chi connectivity index (χ1n) is 3.52. The molecule has 48 valence electrons. The fourth-order valence-corrected chi connectivity index (χ4v) is 1.40. The van der Waals surface area contributed by atoms with Crippen molar-refractivity contribution in [3.63, 3.8) is 0 Å². The summed E-state index contributed by atoms with van der Waals surface area (Å²) in [6, 6.07) is 0. The fraction of sp³-hybridized carbons (Fsp3) is 0.571. The number of rotatable bonds is 0. The van der Waals surface area contributed by atoms with Crippen molar-refractivity contribution in [2.75, 3.05) is 0 Å². The Kier molecular flexibility index (Phi) is 1.04. The van der Waals surface area contributed by atoms with Crippen LogP contribution in [0.5, 0.6) is 0 Å². The summed E-state index contributed by atoms with van der Waals surface area (Å²) in [5, 5.41) is 0. The van der Waals surface area contributed by atoms with E-state index in [-0.39, 0.29) is 0 Å². The SMILES string of the molecule is c1c[n+]2c([nH]1)CCCC2. The van der Waals surface area contributed by atoms with Gasteiger partial charge in [0, 0.05) is 6.42 Å². The average molecular weight is 123 g/mol. The minimum atomic E-state index is 1.21. The monoisotopic (exact) mass is 123 g/mol. The summed E-state index contributed by atoms with van der Waals surface area (Å²) in [7, 11) is 0. The molecule has 0 saturated heterocycles. The van der Waals surface area contributed by atoms with E-state index in [9.17, 15) is 0 Å². The van der Waals surface area contributed by atoms with Crippen molar-refractivity contribution >= 4 is 0 Å². The Morgan fingerprint density at radius 3 is 3.33 bits per heavy atom. The highest BCUT2D eigenvalue weighted by atomic mass is 15.1. The van der Waals surface area contributed by atoms with Crippen LogP contribution in [0.25, 0.3) is 0 Å². The van der Waals surface area contributed by atoms with Gasteiger partial charge in [0.25, 0.3) is 5.82 Å². The molecule has 0 amide bonds. The van der Waals surface area contributed by atoms with Crippen molar-refractivity contribution in [1.82, 2.24) is 4.98 Å². The molecule has 0 radical (unpaired) electrons. The second-order valence-electron chi connectivity index (χ2n) is 2.56. The number of aryl methyl sites for hydroxylation is 2. The molecule has 1 aliphatic heterocycles. The Balaban J connectivity index is 2.39. The molecule has 9 heavy (non-hydrogen) atoms. The van der Waals surface area contributed by atoms with Gasteiger partial charge < -0.3 is 0 Å². The van der Waals surface area contributed by atoms with Crippen LogP contribution in [0.15, 0.2) is 12.4 Å². The number of H-pyrrole nitrogens is 1. The predicted octanol–water partition coefficient (Wildman–Crippen LogP) is 0.639. The zero-order valence-electron chi connectivity index (χ0n) is 5.43. The third kappa shape index (κ3) is 0.745. The molecule has 1 aromatic rings. The number of nitrogens with one attached hydrogen (secondary N) is 1. The van der Waals surface area contributed by atoms with Crippen molar-refractivity contribution in [1.29, 1.82) is 0 Å². The van der Waals surface area contributed by atoms with Gasteiger partial charge in [-0.05, 0) is 12.8 Å². The predicted molar refractivity (Wildman–Crippen MR) is 33.9 cm³/mol. The Hall–Kier alpha value is -0.790. The maximum absolute atomic E-state index is 3.22. The summed E-state index contributed by atoms with van der Waals surface area (Å²) in [4.78, 5) is 3.22. The Bertz CT molecular complexity index is 182. The molecule has 1 N–H and O–H groups in total. The van der Waals surface area contributed by atoms with Gasteiger partial charge in [0.05, 0.1) is 6.54 Å². The summed E-state index contributed by atoms with van der Waals surface area (Å²) in [6.45, 7) is 1.21.